The van der Waals surface area contributed by atoms with Gasteiger partial charge >= 0.3 is 0 Å². The fourth-order valence-corrected chi connectivity index (χ4v) is 6.40. The summed E-state index contributed by atoms with van der Waals surface area (Å²) in [4.78, 5) is 30.3. The van der Waals surface area contributed by atoms with Crippen LogP contribution in [0.1, 0.15) is 59.2 Å². The molecule has 186 valence electrons. The molecule has 5 rings (SSSR count). The number of methoxy groups -OCH3 is 2. The predicted octanol–water partition coefficient (Wildman–Crippen LogP) is 4.89. The Kier molecular flexibility index (Phi) is 7.09. The van der Waals surface area contributed by atoms with Crippen molar-refractivity contribution in [2.24, 2.45) is 0 Å². The van der Waals surface area contributed by atoms with Crippen LogP contribution in [-0.2, 0) is 19.3 Å². The van der Waals surface area contributed by atoms with Crippen LogP contribution in [0.3, 0.4) is 0 Å². The molecule has 8 heteroatoms. The van der Waals surface area contributed by atoms with Crippen LogP contribution < -0.4 is 14.4 Å². The molecule has 2 aromatic heterocycles. The number of nitrogens with zero attached hydrogens (tertiary/aromatic N) is 4. The van der Waals surface area contributed by atoms with Crippen molar-refractivity contribution in [3.05, 3.63) is 40.0 Å². The molecule has 0 bridgehead atoms. The van der Waals surface area contributed by atoms with Crippen molar-refractivity contribution in [1.82, 2.24) is 14.9 Å². The number of hydrogen-bond donors (Lipinski definition) is 0. The molecule has 3 aromatic rings. The Labute approximate surface area is 211 Å². The molecule has 1 fully saturated rings. The third kappa shape index (κ3) is 4.68. The maximum atomic E-state index is 13.3. The van der Waals surface area contributed by atoms with E-state index in [4.69, 9.17) is 19.4 Å². The van der Waals surface area contributed by atoms with Gasteiger partial charge in [0.25, 0.3) is 5.91 Å². The van der Waals surface area contributed by atoms with E-state index in [-0.39, 0.29) is 5.91 Å². The summed E-state index contributed by atoms with van der Waals surface area (Å²) < 4.78 is 10.8. The number of hydrogen-bond acceptors (Lipinski definition) is 7. The number of unbranched alkanes of at least 4 members (excludes halogenated alkanes) is 1. The van der Waals surface area contributed by atoms with Crippen molar-refractivity contribution >= 4 is 33.3 Å². The number of amides is 1. The molecule has 1 aromatic carbocycles. The lowest BCUT2D eigenvalue weighted by Crippen LogP contribution is -2.49. The second-order valence-electron chi connectivity index (χ2n) is 9.30. The van der Waals surface area contributed by atoms with Crippen molar-refractivity contribution in [2.75, 3.05) is 45.3 Å². The topological polar surface area (TPSA) is 67.8 Å². The molecular weight excluding hydrogens is 460 g/mol. The van der Waals surface area contributed by atoms with E-state index in [1.165, 1.54) is 28.7 Å². The van der Waals surface area contributed by atoms with E-state index in [0.717, 1.165) is 61.7 Å². The lowest BCUT2D eigenvalue weighted by atomic mass is 9.96. The lowest BCUT2D eigenvalue weighted by Gasteiger charge is -2.36. The normalized spacial score (nSPS) is 15.9. The summed E-state index contributed by atoms with van der Waals surface area (Å²) in [5.74, 6) is 3.24. The van der Waals surface area contributed by atoms with Gasteiger partial charge in [0.2, 0.25) is 0 Å². The van der Waals surface area contributed by atoms with Gasteiger partial charge in [0.15, 0.2) is 0 Å². The van der Waals surface area contributed by atoms with Crippen molar-refractivity contribution in [1.29, 1.82) is 0 Å². The number of thiophene rings is 1. The number of piperazine rings is 1. The summed E-state index contributed by atoms with van der Waals surface area (Å²) in [7, 11) is 3.19. The minimum absolute atomic E-state index is 0.00599. The highest BCUT2D eigenvalue weighted by molar-refractivity contribution is 7.19. The van der Waals surface area contributed by atoms with Crippen molar-refractivity contribution < 1.29 is 14.3 Å². The fraction of sp³-hybridized carbons (Fsp3) is 0.519. The fourth-order valence-electron chi connectivity index (χ4n) is 5.12. The third-order valence-corrected chi connectivity index (χ3v) is 8.29. The maximum absolute atomic E-state index is 13.3. The van der Waals surface area contributed by atoms with Crippen LogP contribution in [0, 0.1) is 0 Å². The van der Waals surface area contributed by atoms with Gasteiger partial charge in [-0.2, -0.15) is 0 Å². The zero-order valence-electron chi connectivity index (χ0n) is 20.9. The number of carbonyl (C=O) groups excluding carboxylic acids is 1. The molecule has 0 spiro atoms. The number of ether oxygens (including phenoxy) is 2. The van der Waals surface area contributed by atoms with Gasteiger partial charge in [0, 0.05) is 43.5 Å². The van der Waals surface area contributed by atoms with Gasteiger partial charge in [0.1, 0.15) is 28.0 Å². The second kappa shape index (κ2) is 10.4. The molecule has 0 saturated carbocycles. The summed E-state index contributed by atoms with van der Waals surface area (Å²) >= 11 is 1.87. The Morgan fingerprint density at radius 3 is 2.60 bits per heavy atom. The maximum Gasteiger partial charge on any atom is 0.257 e. The molecule has 2 aliphatic rings. The first-order chi connectivity index (χ1) is 17.1. The van der Waals surface area contributed by atoms with Crippen LogP contribution in [0.25, 0.3) is 10.2 Å². The van der Waals surface area contributed by atoms with E-state index < -0.39 is 0 Å². The van der Waals surface area contributed by atoms with Crippen LogP contribution >= 0.6 is 11.3 Å². The van der Waals surface area contributed by atoms with Crippen LogP contribution in [0.2, 0.25) is 0 Å². The summed E-state index contributed by atoms with van der Waals surface area (Å²) in [6.45, 7) is 5.02. The number of aryl methyl sites for hydroxylation is 3. The van der Waals surface area contributed by atoms with Crippen molar-refractivity contribution in [3.8, 4) is 11.5 Å². The molecule has 1 amide bonds. The minimum Gasteiger partial charge on any atom is -0.497 e. The molecule has 0 radical (unpaired) electrons. The number of anilines is 1. The largest absolute Gasteiger partial charge is 0.497 e. The third-order valence-electron chi connectivity index (χ3n) is 7.10. The highest BCUT2D eigenvalue weighted by Crippen LogP contribution is 2.40. The highest BCUT2D eigenvalue weighted by Gasteiger charge is 2.28. The van der Waals surface area contributed by atoms with Gasteiger partial charge in [-0.05, 0) is 49.8 Å². The van der Waals surface area contributed by atoms with E-state index in [1.54, 1.807) is 32.4 Å². The number of carbonyl (C=O) groups is 1. The Hall–Kier alpha value is -2.87. The monoisotopic (exact) mass is 494 g/mol. The first-order valence-corrected chi connectivity index (χ1v) is 13.5. The van der Waals surface area contributed by atoms with E-state index in [9.17, 15) is 4.79 Å². The van der Waals surface area contributed by atoms with Gasteiger partial charge < -0.3 is 19.3 Å². The average molecular weight is 495 g/mol. The smallest absolute Gasteiger partial charge is 0.257 e. The van der Waals surface area contributed by atoms with Crippen LogP contribution in [0.4, 0.5) is 5.82 Å². The van der Waals surface area contributed by atoms with Crippen LogP contribution in [0.5, 0.6) is 11.5 Å². The minimum atomic E-state index is -0.00599. The Balaban J connectivity index is 1.40. The molecule has 0 atom stereocenters. The molecular formula is C27H34N4O3S. The number of aromatic nitrogens is 2. The standard InChI is InChI=1S/C27H34N4O3S/c1-4-5-10-23-28-25(24-20-8-6-7-9-22(20)35-26(24)29-23)30-13-15-31(16-14-30)27(32)19-12-11-18(33-2)17-21(19)34-3/h11-12,17H,4-10,13-16H2,1-3H3. The number of benzene rings is 1. The summed E-state index contributed by atoms with van der Waals surface area (Å²) in [5.41, 5.74) is 2.04. The molecule has 1 aliphatic heterocycles. The average Bonchev–Trinajstić information content (AvgIpc) is 3.29. The summed E-state index contributed by atoms with van der Waals surface area (Å²) in [6.07, 6.45) is 7.93. The van der Waals surface area contributed by atoms with Gasteiger partial charge in [-0.3, -0.25) is 4.79 Å². The quantitative estimate of drug-likeness (QED) is 0.466. The highest BCUT2D eigenvalue weighted by atomic mass is 32.1. The number of rotatable bonds is 7. The van der Waals surface area contributed by atoms with Gasteiger partial charge in [-0.25, -0.2) is 9.97 Å². The number of fused-ring (bicyclic) bond motifs is 3. The molecule has 7 nitrogen and oxygen atoms in total. The summed E-state index contributed by atoms with van der Waals surface area (Å²) in [5, 5.41) is 1.27. The second-order valence-corrected chi connectivity index (χ2v) is 10.4. The van der Waals surface area contributed by atoms with Gasteiger partial charge in [-0.1, -0.05) is 13.3 Å². The van der Waals surface area contributed by atoms with E-state index in [1.807, 2.05) is 16.2 Å². The molecule has 1 aliphatic carbocycles. The Morgan fingerprint density at radius 2 is 1.86 bits per heavy atom. The van der Waals surface area contributed by atoms with Crippen molar-refractivity contribution in [3.63, 3.8) is 0 Å². The zero-order valence-corrected chi connectivity index (χ0v) is 21.7. The molecule has 35 heavy (non-hydrogen) atoms. The Bertz CT molecular complexity index is 1220. The SMILES string of the molecule is CCCCc1nc(N2CCN(C(=O)c3ccc(OC)cc3OC)CC2)c2c3c(sc2n1)CCCC3. The summed E-state index contributed by atoms with van der Waals surface area (Å²) in [6, 6.07) is 5.36. The van der Waals surface area contributed by atoms with Crippen molar-refractivity contribution in [2.45, 2.75) is 51.9 Å². The molecule has 1 saturated heterocycles. The molecule has 0 N–H and O–H groups in total. The zero-order chi connectivity index (χ0) is 24.4. The van der Waals surface area contributed by atoms with Crippen LogP contribution in [0.15, 0.2) is 18.2 Å². The van der Waals surface area contributed by atoms with Gasteiger partial charge in [-0.15, -0.1) is 11.3 Å². The predicted molar refractivity (Wildman–Crippen MR) is 140 cm³/mol. The Morgan fingerprint density at radius 1 is 1.06 bits per heavy atom. The van der Waals surface area contributed by atoms with Gasteiger partial charge in [0.05, 0.1) is 25.2 Å². The molecule has 3 heterocycles. The van der Waals surface area contributed by atoms with Crippen LogP contribution in [-0.4, -0.2) is 61.2 Å². The lowest BCUT2D eigenvalue weighted by molar-refractivity contribution is 0.0743. The molecule has 0 unspecified atom stereocenters. The van der Waals surface area contributed by atoms with E-state index >= 15 is 0 Å². The van der Waals surface area contributed by atoms with E-state index in [0.29, 0.717) is 30.2 Å². The first kappa shape index (κ1) is 23.9. The van der Waals surface area contributed by atoms with E-state index in [2.05, 4.69) is 11.8 Å². The first-order valence-electron chi connectivity index (χ1n) is 12.7.